The minimum absolute atomic E-state index is 0.177. The molecule has 41 heavy (non-hydrogen) atoms. The zero-order valence-corrected chi connectivity index (χ0v) is 22.7. The van der Waals surface area contributed by atoms with Crippen molar-refractivity contribution in [3.8, 4) is 5.69 Å². The molecule has 4 heterocycles. The summed E-state index contributed by atoms with van der Waals surface area (Å²) in [5.74, 6) is -1.06. The van der Waals surface area contributed by atoms with Crippen LogP contribution in [0.1, 0.15) is 31.7 Å². The summed E-state index contributed by atoms with van der Waals surface area (Å²) in [5, 5.41) is 6.30. The molecule has 2 amide bonds. The molecular formula is C34H28N4O3. The number of anilines is 1. The molecule has 3 aliphatic heterocycles. The number of nitrogens with zero attached hydrogens (tertiary/aromatic N) is 3. The highest BCUT2D eigenvalue weighted by Gasteiger charge is 2.69. The van der Waals surface area contributed by atoms with E-state index in [1.165, 1.54) is 4.90 Å². The van der Waals surface area contributed by atoms with Gasteiger partial charge in [-0.25, -0.2) is 9.88 Å². The molecule has 4 aromatic carbocycles. The number of carbonyl (C=O) groups is 2. The van der Waals surface area contributed by atoms with Crippen molar-refractivity contribution in [3.05, 3.63) is 113 Å². The fraction of sp³-hybridized carbons (Fsp3) is 0.235. The van der Waals surface area contributed by atoms with Crippen LogP contribution in [-0.2, 0) is 15.1 Å². The molecule has 0 bridgehead atoms. The summed E-state index contributed by atoms with van der Waals surface area (Å²) in [6, 6.07) is 28.3. The first-order valence-electron chi connectivity index (χ1n) is 14.2. The van der Waals surface area contributed by atoms with Crippen LogP contribution in [0.25, 0.3) is 27.4 Å². The van der Waals surface area contributed by atoms with Crippen LogP contribution in [0, 0.1) is 17.8 Å². The maximum absolute atomic E-state index is 14.6. The van der Waals surface area contributed by atoms with E-state index in [1.807, 2.05) is 84.9 Å². The van der Waals surface area contributed by atoms with Gasteiger partial charge in [-0.1, -0.05) is 74.5 Å². The number of hydrogen-bond acceptors (Lipinski definition) is 5. The van der Waals surface area contributed by atoms with Gasteiger partial charge in [0.05, 0.1) is 34.1 Å². The van der Waals surface area contributed by atoms with E-state index < -0.39 is 17.4 Å². The summed E-state index contributed by atoms with van der Waals surface area (Å²) in [6.07, 6.45) is 0.702. The number of fused-ring (bicyclic) bond motifs is 9. The number of imide groups is 1. The molecule has 0 saturated carbocycles. The van der Waals surface area contributed by atoms with Crippen LogP contribution in [0.5, 0.6) is 0 Å². The number of hydrogen-bond donors (Lipinski definition) is 1. The van der Waals surface area contributed by atoms with E-state index in [9.17, 15) is 14.4 Å². The lowest BCUT2D eigenvalue weighted by molar-refractivity contribution is -0.123. The molecular weight excluding hydrogens is 512 g/mol. The Morgan fingerprint density at radius 1 is 0.854 bits per heavy atom. The van der Waals surface area contributed by atoms with Crippen LogP contribution in [0.4, 0.5) is 5.69 Å². The lowest BCUT2D eigenvalue weighted by Gasteiger charge is -2.32. The van der Waals surface area contributed by atoms with Crippen LogP contribution in [0.2, 0.25) is 0 Å². The number of para-hydroxylation sites is 2. The standard InChI is InChI=1S/C34H28N4O3/c1-19(2)17-26-28-29(32(41)37(31(28)40)22-16-15-20-9-3-4-10-21(20)18-22)34(36-26)24-12-6-8-14-27(24)38-30(39)23-11-5-7-13-25(23)35-33(34)38/h3-16,18-19,26,28-29,36H,17H2,1-2H3. The smallest absolute Gasteiger partial charge is 0.266 e. The van der Waals surface area contributed by atoms with E-state index in [-0.39, 0.29) is 29.3 Å². The molecule has 0 radical (unpaired) electrons. The highest BCUT2D eigenvalue weighted by atomic mass is 16.2. The largest absolute Gasteiger partial charge is 0.297 e. The Labute approximate surface area is 236 Å². The predicted molar refractivity (Wildman–Crippen MR) is 158 cm³/mol. The minimum atomic E-state index is -1.12. The molecule has 1 N–H and O–H groups in total. The first-order valence-corrected chi connectivity index (χ1v) is 14.2. The molecule has 202 valence electrons. The maximum Gasteiger partial charge on any atom is 0.266 e. The lowest BCUT2D eigenvalue weighted by atomic mass is 9.75. The van der Waals surface area contributed by atoms with Gasteiger partial charge < -0.3 is 0 Å². The van der Waals surface area contributed by atoms with Gasteiger partial charge >= 0.3 is 0 Å². The number of nitrogens with one attached hydrogen (secondary N) is 1. The van der Waals surface area contributed by atoms with Gasteiger partial charge in [-0.15, -0.1) is 0 Å². The van der Waals surface area contributed by atoms with Gasteiger partial charge in [0.1, 0.15) is 11.4 Å². The Morgan fingerprint density at radius 3 is 2.41 bits per heavy atom. The summed E-state index contributed by atoms with van der Waals surface area (Å²) in [4.78, 5) is 49.4. The summed E-state index contributed by atoms with van der Waals surface area (Å²) in [5.41, 5.74) is 1.35. The molecule has 8 rings (SSSR count). The van der Waals surface area contributed by atoms with Gasteiger partial charge in [0.2, 0.25) is 11.8 Å². The highest BCUT2D eigenvalue weighted by molar-refractivity contribution is 6.23. The van der Waals surface area contributed by atoms with Crippen molar-refractivity contribution in [1.29, 1.82) is 0 Å². The molecule has 1 spiro atoms. The van der Waals surface area contributed by atoms with E-state index in [0.717, 1.165) is 16.3 Å². The first-order chi connectivity index (χ1) is 19.9. The van der Waals surface area contributed by atoms with Crippen LogP contribution in [0.3, 0.4) is 0 Å². The molecule has 7 heteroatoms. The molecule has 0 aliphatic carbocycles. The van der Waals surface area contributed by atoms with Gasteiger partial charge in [0, 0.05) is 11.6 Å². The van der Waals surface area contributed by atoms with Gasteiger partial charge in [-0.3, -0.25) is 24.3 Å². The first kappa shape index (κ1) is 24.2. The molecule has 4 unspecified atom stereocenters. The number of amides is 2. The van der Waals surface area contributed by atoms with Crippen LogP contribution in [0.15, 0.2) is 95.8 Å². The molecule has 3 aliphatic rings. The second-order valence-electron chi connectivity index (χ2n) is 11.8. The summed E-state index contributed by atoms with van der Waals surface area (Å²) >= 11 is 0. The van der Waals surface area contributed by atoms with E-state index in [1.54, 1.807) is 10.6 Å². The summed E-state index contributed by atoms with van der Waals surface area (Å²) in [7, 11) is 0. The predicted octanol–water partition coefficient (Wildman–Crippen LogP) is 4.92. The van der Waals surface area contributed by atoms with Crippen LogP contribution >= 0.6 is 0 Å². The maximum atomic E-state index is 14.6. The number of benzene rings is 4. The topological polar surface area (TPSA) is 84.3 Å². The quantitative estimate of drug-likeness (QED) is 0.329. The summed E-state index contributed by atoms with van der Waals surface area (Å²) < 4.78 is 1.65. The SMILES string of the molecule is CC(C)CC1NC2(c3ccccc3-n3c2nc2ccccc2c3=O)C2C(=O)N(c3ccc4ccccc4c3)C(=O)C12. The Hall–Kier alpha value is -4.62. The van der Waals surface area contributed by atoms with Gasteiger partial charge in [-0.05, 0) is 53.4 Å². The third-order valence-corrected chi connectivity index (χ3v) is 9.08. The lowest BCUT2D eigenvalue weighted by Crippen LogP contribution is -2.50. The number of rotatable bonds is 3. The van der Waals surface area contributed by atoms with Crippen molar-refractivity contribution in [2.45, 2.75) is 31.8 Å². The Balaban J connectivity index is 1.39. The van der Waals surface area contributed by atoms with Crippen LogP contribution in [-0.4, -0.2) is 27.4 Å². The Bertz CT molecular complexity index is 2000. The molecule has 7 nitrogen and oxygen atoms in total. The van der Waals surface area contributed by atoms with Crippen molar-refractivity contribution in [2.75, 3.05) is 4.90 Å². The van der Waals surface area contributed by atoms with Crippen molar-refractivity contribution >= 4 is 39.2 Å². The monoisotopic (exact) mass is 540 g/mol. The van der Waals surface area contributed by atoms with Crippen molar-refractivity contribution in [1.82, 2.24) is 14.9 Å². The Kier molecular flexibility index (Phi) is 4.98. The Morgan fingerprint density at radius 2 is 1.59 bits per heavy atom. The third kappa shape index (κ3) is 3.12. The van der Waals surface area contributed by atoms with Gasteiger partial charge in [-0.2, -0.15) is 0 Å². The zero-order chi connectivity index (χ0) is 28.0. The van der Waals surface area contributed by atoms with Crippen molar-refractivity contribution in [3.63, 3.8) is 0 Å². The fourth-order valence-electron chi connectivity index (χ4n) is 7.50. The van der Waals surface area contributed by atoms with Crippen LogP contribution < -0.4 is 15.8 Å². The van der Waals surface area contributed by atoms with Crippen molar-refractivity contribution < 1.29 is 9.59 Å². The van der Waals surface area contributed by atoms with Gasteiger partial charge in [0.15, 0.2) is 0 Å². The number of aromatic nitrogens is 2. The second kappa shape index (κ2) is 8.44. The highest BCUT2D eigenvalue weighted by Crippen LogP contribution is 2.56. The van der Waals surface area contributed by atoms with Gasteiger partial charge in [0.25, 0.3) is 5.56 Å². The van der Waals surface area contributed by atoms with E-state index >= 15 is 0 Å². The zero-order valence-electron chi connectivity index (χ0n) is 22.7. The molecule has 1 aromatic heterocycles. The molecule has 2 fully saturated rings. The normalized spacial score (nSPS) is 24.6. The average molecular weight is 541 g/mol. The van der Waals surface area contributed by atoms with Crippen molar-refractivity contribution in [2.24, 2.45) is 17.8 Å². The van der Waals surface area contributed by atoms with E-state index in [0.29, 0.717) is 34.5 Å². The molecule has 4 atom stereocenters. The van der Waals surface area contributed by atoms with E-state index in [4.69, 9.17) is 4.98 Å². The minimum Gasteiger partial charge on any atom is -0.297 e. The summed E-state index contributed by atoms with van der Waals surface area (Å²) in [6.45, 7) is 4.24. The number of carbonyl (C=O) groups excluding carboxylic acids is 2. The molecule has 5 aromatic rings. The fourth-order valence-corrected chi connectivity index (χ4v) is 7.50. The second-order valence-corrected chi connectivity index (χ2v) is 11.8. The third-order valence-electron chi connectivity index (χ3n) is 9.08. The van der Waals surface area contributed by atoms with E-state index in [2.05, 4.69) is 19.2 Å². The molecule has 2 saturated heterocycles. The average Bonchev–Trinajstić information content (AvgIpc) is 3.55.